The molecule has 1 atom stereocenters. The van der Waals surface area contributed by atoms with Gasteiger partial charge in [-0.15, -0.1) is 0 Å². The van der Waals surface area contributed by atoms with Crippen LogP contribution >= 0.6 is 0 Å². The number of benzene rings is 3. The zero-order valence-corrected chi connectivity index (χ0v) is 24.7. The molecule has 9 heteroatoms. The van der Waals surface area contributed by atoms with E-state index in [-0.39, 0.29) is 24.3 Å². The van der Waals surface area contributed by atoms with Crippen molar-refractivity contribution < 1.29 is 28.6 Å². The van der Waals surface area contributed by atoms with Gasteiger partial charge in [0.05, 0.1) is 33.3 Å². The minimum Gasteiger partial charge on any atom is -0.493 e. The summed E-state index contributed by atoms with van der Waals surface area (Å²) in [6, 6.07) is 18.6. The van der Waals surface area contributed by atoms with Crippen LogP contribution in [0.3, 0.4) is 0 Å². The molecule has 0 aliphatic heterocycles. The molecule has 5 rings (SSSR count). The number of fused-ring (bicyclic) bond motifs is 1. The van der Waals surface area contributed by atoms with E-state index in [0.717, 1.165) is 48.6 Å². The third-order valence-corrected chi connectivity index (χ3v) is 8.03. The zero-order chi connectivity index (χ0) is 30.3. The number of hydrogen-bond acceptors (Lipinski definition) is 6. The number of nitrogens with one attached hydrogen (secondary N) is 2. The van der Waals surface area contributed by atoms with Crippen LogP contribution in [0.5, 0.6) is 11.5 Å². The summed E-state index contributed by atoms with van der Waals surface area (Å²) in [6.45, 7) is 0. The Morgan fingerprint density at radius 3 is 2.33 bits per heavy atom. The Kier molecular flexibility index (Phi) is 9.29. The van der Waals surface area contributed by atoms with Crippen molar-refractivity contribution in [2.24, 2.45) is 0 Å². The van der Waals surface area contributed by atoms with Gasteiger partial charge in [-0.25, -0.2) is 4.79 Å². The average molecular weight is 584 g/mol. The Hall–Kier alpha value is -4.79. The fraction of sp³-hybridized carbons (Fsp3) is 0.324. The van der Waals surface area contributed by atoms with Crippen LogP contribution in [0.25, 0.3) is 10.9 Å². The molecule has 0 bridgehead atoms. The topological polar surface area (TPSA) is 110 Å². The third-order valence-electron chi connectivity index (χ3n) is 8.03. The van der Waals surface area contributed by atoms with Gasteiger partial charge in [0.2, 0.25) is 11.8 Å². The molecular weight excluding hydrogens is 546 g/mol. The number of para-hydroxylation sites is 1. The number of aromatic nitrogens is 1. The molecule has 0 saturated heterocycles. The highest BCUT2D eigenvalue weighted by atomic mass is 16.5. The van der Waals surface area contributed by atoms with Gasteiger partial charge >= 0.3 is 5.97 Å². The van der Waals surface area contributed by atoms with Gasteiger partial charge in [-0.2, -0.15) is 0 Å². The Morgan fingerprint density at radius 1 is 0.907 bits per heavy atom. The lowest BCUT2D eigenvalue weighted by Gasteiger charge is -2.34. The number of nitrogens with zero attached hydrogens (tertiary/aromatic N) is 1. The number of methoxy groups -OCH3 is 3. The molecule has 2 N–H and O–H groups in total. The summed E-state index contributed by atoms with van der Waals surface area (Å²) in [7, 11) is 4.39. The maximum Gasteiger partial charge on any atom is 0.337 e. The lowest BCUT2D eigenvalue weighted by Crippen LogP contribution is -2.47. The number of carbonyl (C=O) groups is 3. The van der Waals surface area contributed by atoms with Crippen molar-refractivity contribution in [3.8, 4) is 11.5 Å². The molecule has 2 amide bonds. The number of aromatic amines is 1. The van der Waals surface area contributed by atoms with E-state index < -0.39 is 12.0 Å². The minimum atomic E-state index is -1.02. The Labute approximate surface area is 251 Å². The molecule has 1 heterocycles. The molecule has 0 radical (unpaired) electrons. The summed E-state index contributed by atoms with van der Waals surface area (Å²) in [5.74, 6) is -0.107. The van der Waals surface area contributed by atoms with E-state index in [1.165, 1.54) is 19.1 Å². The summed E-state index contributed by atoms with van der Waals surface area (Å²) < 4.78 is 15.9. The molecule has 1 aliphatic rings. The summed E-state index contributed by atoms with van der Waals surface area (Å²) in [5.41, 5.74) is 3.11. The predicted molar refractivity (Wildman–Crippen MR) is 165 cm³/mol. The van der Waals surface area contributed by atoms with E-state index >= 15 is 0 Å². The maximum absolute atomic E-state index is 14.4. The molecule has 9 nitrogen and oxygen atoms in total. The van der Waals surface area contributed by atoms with Gasteiger partial charge in [-0.3, -0.25) is 14.5 Å². The van der Waals surface area contributed by atoms with E-state index in [4.69, 9.17) is 14.2 Å². The van der Waals surface area contributed by atoms with Crippen LogP contribution in [0.15, 0.2) is 72.9 Å². The summed E-state index contributed by atoms with van der Waals surface area (Å²) in [6.07, 6.45) is 6.89. The highest BCUT2D eigenvalue weighted by molar-refractivity contribution is 6.04. The highest BCUT2D eigenvalue weighted by Crippen LogP contribution is 2.36. The number of amides is 2. The van der Waals surface area contributed by atoms with Crippen LogP contribution in [0.2, 0.25) is 0 Å². The molecule has 1 aromatic heterocycles. The first-order valence-corrected chi connectivity index (χ1v) is 14.5. The third kappa shape index (κ3) is 6.51. The monoisotopic (exact) mass is 583 g/mol. The van der Waals surface area contributed by atoms with E-state index in [1.54, 1.807) is 49.6 Å². The summed E-state index contributed by atoms with van der Waals surface area (Å²) in [5, 5.41) is 4.17. The van der Waals surface area contributed by atoms with Crippen LogP contribution in [-0.2, 0) is 20.7 Å². The van der Waals surface area contributed by atoms with Gasteiger partial charge in [-0.1, -0.05) is 43.5 Å². The Bertz CT molecular complexity index is 1590. The lowest BCUT2D eigenvalue weighted by atomic mass is 9.94. The molecule has 43 heavy (non-hydrogen) atoms. The molecule has 0 spiro atoms. The van der Waals surface area contributed by atoms with Gasteiger partial charge < -0.3 is 24.5 Å². The van der Waals surface area contributed by atoms with Crippen LogP contribution in [0.4, 0.5) is 5.69 Å². The normalized spacial score (nSPS) is 14.1. The maximum atomic E-state index is 14.4. The average Bonchev–Trinajstić information content (AvgIpc) is 3.45. The largest absolute Gasteiger partial charge is 0.493 e. The fourth-order valence-electron chi connectivity index (χ4n) is 5.81. The molecule has 3 aromatic carbocycles. The first-order valence-electron chi connectivity index (χ1n) is 14.5. The van der Waals surface area contributed by atoms with Crippen molar-refractivity contribution in [3.05, 3.63) is 89.6 Å². The van der Waals surface area contributed by atoms with Crippen LogP contribution in [0, 0.1) is 0 Å². The number of anilines is 1. The summed E-state index contributed by atoms with van der Waals surface area (Å²) >= 11 is 0. The first-order chi connectivity index (χ1) is 20.9. The standard InChI is InChI=1S/C34H37N3O6/c1-41-29-18-15-23(19-30(29)42-2)32(33(39)36-25-9-5-4-6-10-25)37(26-16-13-22(14-17-26)34(40)43-3)31(38)20-24-21-35-28-12-8-7-11-27(24)28/h7-8,11-19,21,25,32,35H,4-6,9-10,20H2,1-3H3,(H,36,39). The smallest absolute Gasteiger partial charge is 0.337 e. The highest BCUT2D eigenvalue weighted by Gasteiger charge is 2.35. The second-order valence-corrected chi connectivity index (χ2v) is 10.7. The quantitative estimate of drug-likeness (QED) is 0.231. The number of esters is 1. The lowest BCUT2D eigenvalue weighted by molar-refractivity contribution is -0.127. The van der Waals surface area contributed by atoms with Crippen molar-refractivity contribution in [1.29, 1.82) is 0 Å². The first kappa shape index (κ1) is 29.7. The van der Waals surface area contributed by atoms with Crippen LogP contribution in [-0.4, -0.2) is 50.1 Å². The van der Waals surface area contributed by atoms with Gasteiger partial charge in [0.25, 0.3) is 0 Å². The van der Waals surface area contributed by atoms with Gasteiger partial charge in [-0.05, 0) is 66.4 Å². The van der Waals surface area contributed by atoms with E-state index in [9.17, 15) is 14.4 Å². The van der Waals surface area contributed by atoms with Crippen molar-refractivity contribution in [3.63, 3.8) is 0 Å². The molecule has 1 saturated carbocycles. The number of ether oxygens (including phenoxy) is 3. The molecule has 224 valence electrons. The second kappa shape index (κ2) is 13.5. The Balaban J connectivity index is 1.61. The van der Waals surface area contributed by atoms with E-state index in [1.807, 2.05) is 30.5 Å². The van der Waals surface area contributed by atoms with E-state index in [2.05, 4.69) is 10.3 Å². The molecule has 4 aromatic rings. The second-order valence-electron chi connectivity index (χ2n) is 10.7. The van der Waals surface area contributed by atoms with Crippen LogP contribution in [0.1, 0.15) is 59.6 Å². The SMILES string of the molecule is COC(=O)c1ccc(N(C(=O)Cc2c[nH]c3ccccc23)C(C(=O)NC2CCCCC2)c2ccc(OC)c(OC)c2)cc1. The van der Waals surface area contributed by atoms with Gasteiger partial charge in [0, 0.05) is 28.8 Å². The number of rotatable bonds is 10. The van der Waals surface area contributed by atoms with Crippen LogP contribution < -0.4 is 19.7 Å². The zero-order valence-electron chi connectivity index (χ0n) is 24.7. The van der Waals surface area contributed by atoms with Gasteiger partial charge in [0.15, 0.2) is 11.5 Å². The molecule has 1 aliphatic carbocycles. The van der Waals surface area contributed by atoms with Crippen molar-refractivity contribution in [2.45, 2.75) is 50.6 Å². The van der Waals surface area contributed by atoms with Crippen molar-refractivity contribution >= 4 is 34.4 Å². The van der Waals surface area contributed by atoms with Gasteiger partial charge in [0.1, 0.15) is 6.04 Å². The molecule has 1 unspecified atom stereocenters. The molecular formula is C34H37N3O6. The summed E-state index contributed by atoms with van der Waals surface area (Å²) in [4.78, 5) is 45.6. The fourth-order valence-corrected chi connectivity index (χ4v) is 5.81. The predicted octanol–water partition coefficient (Wildman–Crippen LogP) is 5.74. The van der Waals surface area contributed by atoms with Crippen molar-refractivity contribution in [1.82, 2.24) is 10.3 Å². The molecule has 1 fully saturated rings. The number of H-pyrrole nitrogens is 1. The number of carbonyl (C=O) groups excluding carboxylic acids is 3. The number of hydrogen-bond donors (Lipinski definition) is 2. The van der Waals surface area contributed by atoms with E-state index in [0.29, 0.717) is 28.3 Å². The Morgan fingerprint density at radius 2 is 1.63 bits per heavy atom. The van der Waals surface area contributed by atoms with Crippen molar-refractivity contribution in [2.75, 3.05) is 26.2 Å². The minimum absolute atomic E-state index is 0.0242.